The minimum absolute atomic E-state index is 0.170. The van der Waals surface area contributed by atoms with Crippen molar-refractivity contribution in [2.75, 3.05) is 26.2 Å². The highest BCUT2D eigenvalue weighted by atomic mass is 127. The highest BCUT2D eigenvalue weighted by Gasteiger charge is 2.33. The van der Waals surface area contributed by atoms with Gasteiger partial charge in [-0.3, -0.25) is 4.90 Å². The average Bonchev–Trinajstić information content (AvgIpc) is 2.35. The van der Waals surface area contributed by atoms with Crippen molar-refractivity contribution in [1.29, 1.82) is 0 Å². The fourth-order valence-electron chi connectivity index (χ4n) is 2.46. The van der Waals surface area contributed by atoms with E-state index in [0.717, 1.165) is 22.2 Å². The van der Waals surface area contributed by atoms with Crippen molar-refractivity contribution >= 4 is 22.6 Å². The third-order valence-corrected chi connectivity index (χ3v) is 3.96. The van der Waals surface area contributed by atoms with Crippen LogP contribution in [-0.4, -0.2) is 37.3 Å². The van der Waals surface area contributed by atoms with Crippen LogP contribution in [0.4, 0.5) is 13.2 Å². The predicted octanol–water partition coefficient (Wildman–Crippen LogP) is 3.94. The summed E-state index contributed by atoms with van der Waals surface area (Å²) in [5.41, 5.74) is 0. The van der Waals surface area contributed by atoms with Gasteiger partial charge in [-0.25, -0.2) is 0 Å². The lowest BCUT2D eigenvalue weighted by Crippen LogP contribution is -2.42. The van der Waals surface area contributed by atoms with Gasteiger partial charge in [-0.1, -0.05) is 6.07 Å². The molecule has 1 aromatic rings. The van der Waals surface area contributed by atoms with Crippen LogP contribution in [0.15, 0.2) is 24.3 Å². The Morgan fingerprint density at radius 3 is 2.85 bits per heavy atom. The van der Waals surface area contributed by atoms with Crippen molar-refractivity contribution in [2.45, 2.75) is 19.0 Å². The number of piperidine rings is 1. The van der Waals surface area contributed by atoms with Crippen molar-refractivity contribution in [2.24, 2.45) is 5.92 Å². The molecule has 2 nitrogen and oxygen atoms in total. The number of nitrogens with zero attached hydrogens (tertiary/aromatic N) is 1. The van der Waals surface area contributed by atoms with Crippen LogP contribution in [0.1, 0.15) is 12.8 Å². The van der Waals surface area contributed by atoms with E-state index in [4.69, 9.17) is 4.74 Å². The summed E-state index contributed by atoms with van der Waals surface area (Å²) in [6.45, 7) is 0.657. The molecule has 1 aliphatic rings. The molecule has 1 saturated heterocycles. The highest BCUT2D eigenvalue weighted by molar-refractivity contribution is 14.1. The van der Waals surface area contributed by atoms with Gasteiger partial charge in [0.05, 0.1) is 13.2 Å². The lowest BCUT2D eigenvalue weighted by molar-refractivity contribution is -0.149. The van der Waals surface area contributed by atoms with Crippen LogP contribution in [0, 0.1) is 9.49 Å². The summed E-state index contributed by atoms with van der Waals surface area (Å²) >= 11 is 2.20. The number of rotatable bonds is 4. The molecular weight excluding hydrogens is 382 g/mol. The first-order valence-corrected chi connectivity index (χ1v) is 7.68. The SMILES string of the molecule is FC(F)(F)CN1CCC[C@@H](COc2cccc(I)c2)C1. The zero-order chi connectivity index (χ0) is 14.6. The summed E-state index contributed by atoms with van der Waals surface area (Å²) in [6, 6.07) is 7.68. The largest absolute Gasteiger partial charge is 0.493 e. The number of alkyl halides is 3. The van der Waals surface area contributed by atoms with E-state index >= 15 is 0 Å². The molecule has 6 heteroatoms. The van der Waals surface area contributed by atoms with Gasteiger partial charge in [0.2, 0.25) is 0 Å². The second-order valence-electron chi connectivity index (χ2n) is 5.13. The van der Waals surface area contributed by atoms with Gasteiger partial charge in [-0.2, -0.15) is 13.2 Å². The molecule has 0 bridgehead atoms. The monoisotopic (exact) mass is 399 g/mol. The Labute approximate surface area is 130 Å². The minimum Gasteiger partial charge on any atom is -0.493 e. The molecule has 1 aliphatic heterocycles. The molecule has 1 heterocycles. The topological polar surface area (TPSA) is 12.5 Å². The van der Waals surface area contributed by atoms with Gasteiger partial charge in [0.15, 0.2) is 0 Å². The van der Waals surface area contributed by atoms with E-state index in [9.17, 15) is 13.2 Å². The van der Waals surface area contributed by atoms with E-state index in [1.807, 2.05) is 24.3 Å². The molecule has 20 heavy (non-hydrogen) atoms. The maximum absolute atomic E-state index is 12.4. The zero-order valence-corrected chi connectivity index (χ0v) is 13.2. The van der Waals surface area contributed by atoms with Crippen molar-refractivity contribution in [3.63, 3.8) is 0 Å². The molecule has 0 aliphatic carbocycles. The first-order chi connectivity index (χ1) is 9.42. The molecule has 0 N–H and O–H groups in total. The fraction of sp³-hybridized carbons (Fsp3) is 0.571. The number of hydrogen-bond acceptors (Lipinski definition) is 2. The van der Waals surface area contributed by atoms with Crippen molar-refractivity contribution in [1.82, 2.24) is 4.90 Å². The Kier molecular flexibility index (Phi) is 5.54. The molecule has 1 aromatic carbocycles. The molecule has 1 atom stereocenters. The fourth-order valence-corrected chi connectivity index (χ4v) is 2.97. The zero-order valence-electron chi connectivity index (χ0n) is 11.0. The van der Waals surface area contributed by atoms with Gasteiger partial charge in [0, 0.05) is 16.0 Å². The second-order valence-corrected chi connectivity index (χ2v) is 6.37. The number of hydrogen-bond donors (Lipinski definition) is 0. The molecule has 0 spiro atoms. The summed E-state index contributed by atoms with van der Waals surface area (Å²) < 4.78 is 43.9. The van der Waals surface area contributed by atoms with Crippen LogP contribution in [0.3, 0.4) is 0 Å². The van der Waals surface area contributed by atoms with Crippen LogP contribution >= 0.6 is 22.6 Å². The van der Waals surface area contributed by atoms with E-state index in [2.05, 4.69) is 22.6 Å². The van der Waals surface area contributed by atoms with E-state index in [-0.39, 0.29) is 5.92 Å². The van der Waals surface area contributed by atoms with E-state index in [1.54, 1.807) is 0 Å². The van der Waals surface area contributed by atoms with Crippen LogP contribution in [-0.2, 0) is 0 Å². The molecule has 0 amide bonds. The summed E-state index contributed by atoms with van der Waals surface area (Å²) in [4.78, 5) is 1.48. The Bertz CT molecular complexity index is 439. The molecule has 0 saturated carbocycles. The van der Waals surface area contributed by atoms with Gasteiger partial charge in [-0.15, -0.1) is 0 Å². The van der Waals surface area contributed by atoms with Gasteiger partial charge in [0.1, 0.15) is 5.75 Å². The summed E-state index contributed by atoms with van der Waals surface area (Å²) in [7, 11) is 0. The van der Waals surface area contributed by atoms with E-state index in [0.29, 0.717) is 19.7 Å². The van der Waals surface area contributed by atoms with E-state index in [1.165, 1.54) is 4.90 Å². The average molecular weight is 399 g/mol. The lowest BCUT2D eigenvalue weighted by Gasteiger charge is -2.32. The molecule has 0 radical (unpaired) electrons. The molecule has 112 valence electrons. The number of benzene rings is 1. The maximum atomic E-state index is 12.4. The third kappa shape index (κ3) is 5.47. The Morgan fingerprint density at radius 2 is 2.15 bits per heavy atom. The van der Waals surface area contributed by atoms with Crippen molar-refractivity contribution < 1.29 is 17.9 Å². The van der Waals surface area contributed by atoms with Crippen LogP contribution in [0.5, 0.6) is 5.75 Å². The van der Waals surface area contributed by atoms with E-state index < -0.39 is 12.7 Å². The molecule has 0 aromatic heterocycles. The van der Waals surface area contributed by atoms with Crippen molar-refractivity contribution in [3.8, 4) is 5.75 Å². The van der Waals surface area contributed by atoms with Crippen LogP contribution in [0.25, 0.3) is 0 Å². The predicted molar refractivity (Wildman–Crippen MR) is 79.9 cm³/mol. The Hall–Kier alpha value is -0.500. The second kappa shape index (κ2) is 6.98. The molecular formula is C14H17F3INO. The smallest absolute Gasteiger partial charge is 0.401 e. The minimum atomic E-state index is -4.11. The number of ether oxygens (including phenoxy) is 1. The van der Waals surface area contributed by atoms with Gasteiger partial charge in [-0.05, 0) is 60.2 Å². The third-order valence-electron chi connectivity index (χ3n) is 3.29. The number of likely N-dealkylation sites (tertiary alicyclic amines) is 1. The summed E-state index contributed by atoms with van der Waals surface area (Å²) in [5, 5.41) is 0. The molecule has 0 unspecified atom stereocenters. The normalized spacial score (nSPS) is 20.9. The van der Waals surface area contributed by atoms with Gasteiger partial charge >= 0.3 is 6.18 Å². The first kappa shape index (κ1) is 15.9. The standard InChI is InChI=1S/C14H17F3INO/c15-14(16,17)10-19-6-2-3-11(8-19)9-20-13-5-1-4-12(18)7-13/h1,4-5,7,11H,2-3,6,8-10H2/t11-/m1/s1. The van der Waals surface area contributed by atoms with Gasteiger partial charge < -0.3 is 4.74 Å². The Balaban J connectivity index is 1.81. The first-order valence-electron chi connectivity index (χ1n) is 6.60. The lowest BCUT2D eigenvalue weighted by atomic mass is 9.99. The summed E-state index contributed by atoms with van der Waals surface area (Å²) in [6.07, 6.45) is -2.38. The molecule has 2 rings (SSSR count). The van der Waals surface area contributed by atoms with Gasteiger partial charge in [0.25, 0.3) is 0 Å². The highest BCUT2D eigenvalue weighted by Crippen LogP contribution is 2.23. The summed E-state index contributed by atoms with van der Waals surface area (Å²) in [5.74, 6) is 0.953. The van der Waals surface area contributed by atoms with Crippen LogP contribution in [0.2, 0.25) is 0 Å². The van der Waals surface area contributed by atoms with Crippen LogP contribution < -0.4 is 4.74 Å². The number of halogens is 4. The Morgan fingerprint density at radius 1 is 1.35 bits per heavy atom. The quantitative estimate of drug-likeness (QED) is 0.712. The molecule has 1 fully saturated rings. The maximum Gasteiger partial charge on any atom is 0.401 e. The van der Waals surface area contributed by atoms with Crippen molar-refractivity contribution in [3.05, 3.63) is 27.8 Å².